The van der Waals surface area contributed by atoms with E-state index in [0.29, 0.717) is 17.1 Å². The van der Waals surface area contributed by atoms with Gasteiger partial charge >= 0.3 is 6.03 Å². The summed E-state index contributed by atoms with van der Waals surface area (Å²) < 4.78 is 7.18. The van der Waals surface area contributed by atoms with E-state index in [1.165, 1.54) is 0 Å². The van der Waals surface area contributed by atoms with Crippen molar-refractivity contribution >= 4 is 11.7 Å². The molecule has 23 heavy (non-hydrogen) atoms. The van der Waals surface area contributed by atoms with Crippen LogP contribution in [0, 0.1) is 6.92 Å². The number of urea groups is 1. The van der Waals surface area contributed by atoms with Gasteiger partial charge in [0, 0.05) is 25.7 Å². The molecule has 1 unspecified atom stereocenters. The fourth-order valence-electron chi connectivity index (χ4n) is 3.14. The molecule has 7 nitrogen and oxygen atoms in total. The van der Waals surface area contributed by atoms with Crippen LogP contribution in [0.1, 0.15) is 55.8 Å². The van der Waals surface area contributed by atoms with E-state index >= 15 is 0 Å². The van der Waals surface area contributed by atoms with Crippen LogP contribution in [-0.2, 0) is 7.05 Å². The number of hydrogen-bond acceptors (Lipinski definition) is 4. The summed E-state index contributed by atoms with van der Waals surface area (Å²) in [6.07, 6.45) is 3.71. The largest absolute Gasteiger partial charge is 0.359 e. The summed E-state index contributed by atoms with van der Waals surface area (Å²) in [6.45, 7) is 6.62. The number of amides is 2. The number of carbonyl (C=O) groups excluding carboxylic acids is 1. The van der Waals surface area contributed by atoms with Gasteiger partial charge in [-0.25, -0.2) is 4.79 Å². The SMILES string of the molecule is Cc1noc(C(C)C)c1NC(=O)N1CCCC1c1ccnn1C. The van der Waals surface area contributed by atoms with Crippen molar-refractivity contribution in [2.75, 3.05) is 11.9 Å². The van der Waals surface area contributed by atoms with Gasteiger partial charge in [-0.1, -0.05) is 19.0 Å². The Labute approximate surface area is 135 Å². The monoisotopic (exact) mass is 317 g/mol. The predicted octanol–water partition coefficient (Wildman–Crippen LogP) is 3.21. The van der Waals surface area contributed by atoms with Gasteiger partial charge in [0.15, 0.2) is 5.76 Å². The molecule has 2 amide bonds. The number of nitrogens with one attached hydrogen (secondary N) is 1. The van der Waals surface area contributed by atoms with Gasteiger partial charge in [0.2, 0.25) is 0 Å². The van der Waals surface area contributed by atoms with Gasteiger partial charge < -0.3 is 14.7 Å². The van der Waals surface area contributed by atoms with E-state index in [9.17, 15) is 4.79 Å². The lowest BCUT2D eigenvalue weighted by Crippen LogP contribution is -2.35. The zero-order valence-electron chi connectivity index (χ0n) is 14.0. The van der Waals surface area contributed by atoms with E-state index in [2.05, 4.69) is 15.6 Å². The van der Waals surface area contributed by atoms with Gasteiger partial charge in [0.1, 0.15) is 11.4 Å². The first-order valence-electron chi connectivity index (χ1n) is 8.00. The molecular weight excluding hydrogens is 294 g/mol. The first-order valence-corrected chi connectivity index (χ1v) is 8.00. The number of nitrogens with zero attached hydrogens (tertiary/aromatic N) is 4. The molecule has 1 fully saturated rings. The number of rotatable bonds is 3. The maximum atomic E-state index is 12.8. The van der Waals surface area contributed by atoms with E-state index in [1.54, 1.807) is 6.20 Å². The molecule has 1 aliphatic rings. The molecule has 3 heterocycles. The molecule has 1 N–H and O–H groups in total. The third-order valence-corrected chi connectivity index (χ3v) is 4.36. The van der Waals surface area contributed by atoms with Crippen LogP contribution in [0.3, 0.4) is 0 Å². The fourth-order valence-corrected chi connectivity index (χ4v) is 3.14. The number of hydrogen-bond donors (Lipinski definition) is 1. The molecule has 1 aliphatic heterocycles. The van der Waals surface area contributed by atoms with Gasteiger partial charge in [0.05, 0.1) is 11.7 Å². The van der Waals surface area contributed by atoms with Crippen molar-refractivity contribution in [2.24, 2.45) is 7.05 Å². The molecule has 7 heteroatoms. The topological polar surface area (TPSA) is 76.2 Å². The lowest BCUT2D eigenvalue weighted by molar-refractivity contribution is 0.205. The molecule has 2 aromatic heterocycles. The Morgan fingerprint density at radius 2 is 2.26 bits per heavy atom. The van der Waals surface area contributed by atoms with Crippen molar-refractivity contribution in [2.45, 2.75) is 45.6 Å². The van der Waals surface area contributed by atoms with Crippen LogP contribution < -0.4 is 5.32 Å². The van der Waals surface area contributed by atoms with Gasteiger partial charge in [-0.05, 0) is 25.8 Å². The second kappa shape index (κ2) is 6.06. The second-order valence-electron chi connectivity index (χ2n) is 6.32. The number of aromatic nitrogens is 3. The molecule has 0 bridgehead atoms. The molecule has 2 aromatic rings. The van der Waals surface area contributed by atoms with Gasteiger partial charge in [0.25, 0.3) is 0 Å². The van der Waals surface area contributed by atoms with Crippen LogP contribution in [0.4, 0.5) is 10.5 Å². The van der Waals surface area contributed by atoms with Crippen LogP contribution >= 0.6 is 0 Å². The highest BCUT2D eigenvalue weighted by Gasteiger charge is 2.32. The predicted molar refractivity (Wildman–Crippen MR) is 86.2 cm³/mol. The third-order valence-electron chi connectivity index (χ3n) is 4.36. The summed E-state index contributed by atoms with van der Waals surface area (Å²) in [4.78, 5) is 14.6. The second-order valence-corrected chi connectivity index (χ2v) is 6.32. The van der Waals surface area contributed by atoms with E-state index < -0.39 is 0 Å². The van der Waals surface area contributed by atoms with E-state index in [0.717, 1.165) is 25.1 Å². The van der Waals surface area contributed by atoms with Crippen molar-refractivity contribution < 1.29 is 9.32 Å². The summed E-state index contributed by atoms with van der Waals surface area (Å²) in [5.41, 5.74) is 2.46. The van der Waals surface area contributed by atoms with E-state index in [4.69, 9.17) is 4.52 Å². The normalized spacial score (nSPS) is 18.0. The van der Waals surface area contributed by atoms with Crippen LogP contribution in [0.2, 0.25) is 0 Å². The highest BCUT2D eigenvalue weighted by Crippen LogP contribution is 2.33. The highest BCUT2D eigenvalue weighted by molar-refractivity contribution is 5.91. The summed E-state index contributed by atoms with van der Waals surface area (Å²) in [5.74, 6) is 0.880. The Morgan fingerprint density at radius 3 is 2.91 bits per heavy atom. The quantitative estimate of drug-likeness (QED) is 0.943. The molecule has 0 aliphatic carbocycles. The Morgan fingerprint density at radius 1 is 1.48 bits per heavy atom. The molecule has 0 spiro atoms. The minimum Gasteiger partial charge on any atom is -0.359 e. The standard InChI is InChI=1S/C16H23N5O2/c1-10(2)15-14(11(3)19-23-15)18-16(22)21-9-5-6-13(21)12-7-8-17-20(12)4/h7-8,10,13H,5-6,9H2,1-4H3,(H,18,22). The lowest BCUT2D eigenvalue weighted by atomic mass is 10.1. The Kier molecular flexibility index (Phi) is 4.11. The minimum absolute atomic E-state index is 0.0603. The number of anilines is 1. The average molecular weight is 317 g/mol. The number of carbonyl (C=O) groups is 1. The third kappa shape index (κ3) is 2.83. The highest BCUT2D eigenvalue weighted by atomic mass is 16.5. The van der Waals surface area contributed by atoms with E-state index in [-0.39, 0.29) is 18.0 Å². The van der Waals surface area contributed by atoms with Crippen LogP contribution in [0.15, 0.2) is 16.8 Å². The van der Waals surface area contributed by atoms with Crippen LogP contribution in [0.5, 0.6) is 0 Å². The molecule has 124 valence electrons. The van der Waals surface area contributed by atoms with Crippen molar-refractivity contribution in [1.29, 1.82) is 0 Å². The summed E-state index contributed by atoms with van der Waals surface area (Å²) in [7, 11) is 1.91. The van der Waals surface area contributed by atoms with Gasteiger partial charge in [-0.15, -0.1) is 0 Å². The molecule has 1 saturated heterocycles. The zero-order chi connectivity index (χ0) is 16.6. The summed E-state index contributed by atoms with van der Waals surface area (Å²) in [6, 6.07) is 1.92. The van der Waals surface area contributed by atoms with E-state index in [1.807, 2.05) is 43.5 Å². The Bertz CT molecular complexity index is 703. The molecule has 0 saturated carbocycles. The zero-order valence-corrected chi connectivity index (χ0v) is 14.0. The Balaban J connectivity index is 1.81. The average Bonchev–Trinajstić information content (AvgIpc) is 3.19. The van der Waals surface area contributed by atoms with Crippen molar-refractivity contribution in [3.05, 3.63) is 29.4 Å². The molecule has 1 atom stereocenters. The van der Waals surface area contributed by atoms with Gasteiger partial charge in [-0.3, -0.25) is 4.68 Å². The van der Waals surface area contributed by atoms with Crippen LogP contribution in [0.25, 0.3) is 0 Å². The van der Waals surface area contributed by atoms with Crippen molar-refractivity contribution in [3.8, 4) is 0 Å². The fraction of sp³-hybridized carbons (Fsp3) is 0.562. The smallest absolute Gasteiger partial charge is 0.322 e. The number of likely N-dealkylation sites (tertiary alicyclic amines) is 1. The Hall–Kier alpha value is -2.31. The lowest BCUT2D eigenvalue weighted by Gasteiger charge is -2.25. The van der Waals surface area contributed by atoms with Gasteiger partial charge in [-0.2, -0.15) is 5.10 Å². The summed E-state index contributed by atoms with van der Waals surface area (Å²) in [5, 5.41) is 11.2. The van der Waals surface area contributed by atoms with Crippen LogP contribution in [-0.4, -0.2) is 32.4 Å². The first-order chi connectivity index (χ1) is 11.0. The molecule has 3 rings (SSSR count). The maximum Gasteiger partial charge on any atom is 0.322 e. The van der Waals surface area contributed by atoms with Crippen molar-refractivity contribution in [1.82, 2.24) is 19.8 Å². The maximum absolute atomic E-state index is 12.8. The first kappa shape index (κ1) is 15.6. The van der Waals surface area contributed by atoms with Crippen molar-refractivity contribution in [3.63, 3.8) is 0 Å². The molecule has 0 aromatic carbocycles. The molecule has 0 radical (unpaired) electrons. The summed E-state index contributed by atoms with van der Waals surface area (Å²) >= 11 is 0. The molecular formula is C16H23N5O2. The minimum atomic E-state index is -0.109. The number of aryl methyl sites for hydroxylation is 2.